The van der Waals surface area contributed by atoms with Gasteiger partial charge in [0.1, 0.15) is 5.82 Å². The van der Waals surface area contributed by atoms with Gasteiger partial charge in [-0.2, -0.15) is 0 Å². The minimum Gasteiger partial charge on any atom is -0.370 e. The van der Waals surface area contributed by atoms with Crippen LogP contribution in [0.2, 0.25) is 0 Å². The molecule has 0 atom stereocenters. The normalized spacial score (nSPS) is 14.3. The number of hydrogen-bond donors (Lipinski definition) is 1. The third kappa shape index (κ3) is 4.68. The number of rotatable bonds is 7. The van der Waals surface area contributed by atoms with Gasteiger partial charge in [-0.25, -0.2) is 15.0 Å². The van der Waals surface area contributed by atoms with E-state index >= 15 is 0 Å². The third-order valence-electron chi connectivity index (χ3n) is 4.50. The van der Waals surface area contributed by atoms with E-state index in [1.54, 1.807) is 24.7 Å². The van der Waals surface area contributed by atoms with Gasteiger partial charge in [0, 0.05) is 51.3 Å². The standard InChI is InChI=1S/C19H26N6O/c1-2-3-4-8-20-17-7-6-16(15-23-17)18(26)24-11-13-25(14-12-24)19-21-9-5-10-22-19/h5-7,9-10,15H,2-4,8,11-14H2,1H3,(H,20,23). The van der Waals surface area contributed by atoms with Crippen LogP contribution in [0.1, 0.15) is 36.5 Å². The van der Waals surface area contributed by atoms with Crippen molar-refractivity contribution in [3.8, 4) is 0 Å². The highest BCUT2D eigenvalue weighted by Crippen LogP contribution is 2.13. The molecule has 1 aliphatic heterocycles. The second-order valence-electron chi connectivity index (χ2n) is 6.39. The Kier molecular flexibility index (Phi) is 6.35. The first-order chi connectivity index (χ1) is 12.8. The fourth-order valence-corrected chi connectivity index (χ4v) is 2.96. The minimum absolute atomic E-state index is 0.0312. The molecule has 138 valence electrons. The third-order valence-corrected chi connectivity index (χ3v) is 4.50. The molecule has 2 aromatic heterocycles. The van der Waals surface area contributed by atoms with Crippen LogP contribution in [-0.2, 0) is 0 Å². The molecular formula is C19H26N6O. The number of aromatic nitrogens is 3. The summed E-state index contributed by atoms with van der Waals surface area (Å²) in [6.45, 7) is 5.89. The lowest BCUT2D eigenvalue weighted by molar-refractivity contribution is 0.0746. The minimum atomic E-state index is 0.0312. The maximum absolute atomic E-state index is 12.7. The molecule has 3 heterocycles. The van der Waals surface area contributed by atoms with Crippen LogP contribution in [0.4, 0.5) is 11.8 Å². The Balaban J connectivity index is 1.50. The lowest BCUT2D eigenvalue weighted by Crippen LogP contribution is -2.49. The van der Waals surface area contributed by atoms with E-state index in [1.807, 2.05) is 17.0 Å². The second kappa shape index (κ2) is 9.12. The number of hydrogen-bond acceptors (Lipinski definition) is 6. The first kappa shape index (κ1) is 18.1. The Labute approximate surface area is 154 Å². The quantitative estimate of drug-likeness (QED) is 0.770. The molecule has 2 aromatic rings. The zero-order valence-corrected chi connectivity index (χ0v) is 15.3. The van der Waals surface area contributed by atoms with Crippen LogP contribution in [0.5, 0.6) is 0 Å². The number of nitrogens with one attached hydrogen (secondary N) is 1. The molecule has 0 spiro atoms. The van der Waals surface area contributed by atoms with Gasteiger partial charge in [0.15, 0.2) is 0 Å². The number of piperazine rings is 1. The van der Waals surface area contributed by atoms with Crippen LogP contribution in [0, 0.1) is 0 Å². The molecule has 26 heavy (non-hydrogen) atoms. The Morgan fingerprint density at radius 3 is 2.50 bits per heavy atom. The van der Waals surface area contributed by atoms with Crippen LogP contribution in [0.25, 0.3) is 0 Å². The van der Waals surface area contributed by atoms with E-state index in [-0.39, 0.29) is 5.91 Å². The summed E-state index contributed by atoms with van der Waals surface area (Å²) in [6.07, 6.45) is 8.69. The van der Waals surface area contributed by atoms with Crippen LogP contribution in [0.15, 0.2) is 36.8 Å². The van der Waals surface area contributed by atoms with E-state index in [0.29, 0.717) is 18.7 Å². The Morgan fingerprint density at radius 2 is 1.85 bits per heavy atom. The van der Waals surface area contributed by atoms with E-state index in [2.05, 4.69) is 32.1 Å². The van der Waals surface area contributed by atoms with Gasteiger partial charge in [-0.1, -0.05) is 19.8 Å². The maximum Gasteiger partial charge on any atom is 0.255 e. The average molecular weight is 354 g/mol. The zero-order chi connectivity index (χ0) is 18.2. The van der Waals surface area contributed by atoms with Crippen molar-refractivity contribution in [1.82, 2.24) is 19.9 Å². The fraction of sp³-hybridized carbons (Fsp3) is 0.474. The van der Waals surface area contributed by atoms with Crippen LogP contribution < -0.4 is 10.2 Å². The molecule has 0 unspecified atom stereocenters. The molecule has 0 aromatic carbocycles. The summed E-state index contributed by atoms with van der Waals surface area (Å²) in [5.41, 5.74) is 0.633. The van der Waals surface area contributed by atoms with Gasteiger partial charge in [-0.05, 0) is 24.6 Å². The SMILES string of the molecule is CCCCCNc1ccc(C(=O)N2CCN(c3ncccn3)CC2)cn1. The fourth-order valence-electron chi connectivity index (χ4n) is 2.96. The predicted molar refractivity (Wildman–Crippen MR) is 102 cm³/mol. The summed E-state index contributed by atoms with van der Waals surface area (Å²) in [6, 6.07) is 5.54. The van der Waals surface area contributed by atoms with E-state index in [9.17, 15) is 4.79 Å². The summed E-state index contributed by atoms with van der Waals surface area (Å²) in [5.74, 6) is 1.58. The van der Waals surface area contributed by atoms with Gasteiger partial charge >= 0.3 is 0 Å². The van der Waals surface area contributed by atoms with Crippen molar-refractivity contribution in [1.29, 1.82) is 0 Å². The van der Waals surface area contributed by atoms with Gasteiger partial charge in [0.05, 0.1) is 5.56 Å². The first-order valence-corrected chi connectivity index (χ1v) is 9.29. The number of anilines is 2. The number of amides is 1. The second-order valence-corrected chi connectivity index (χ2v) is 6.39. The number of nitrogens with zero attached hydrogens (tertiary/aromatic N) is 5. The van der Waals surface area contributed by atoms with Crippen LogP contribution >= 0.6 is 0 Å². The maximum atomic E-state index is 12.7. The van der Waals surface area contributed by atoms with Crippen molar-refractivity contribution in [2.24, 2.45) is 0 Å². The Hall–Kier alpha value is -2.70. The van der Waals surface area contributed by atoms with Crippen LogP contribution in [0.3, 0.4) is 0 Å². The van der Waals surface area contributed by atoms with Gasteiger partial charge in [-0.3, -0.25) is 4.79 Å². The van der Waals surface area contributed by atoms with Gasteiger partial charge in [-0.15, -0.1) is 0 Å². The first-order valence-electron chi connectivity index (χ1n) is 9.29. The molecule has 1 fully saturated rings. The number of carbonyl (C=O) groups is 1. The van der Waals surface area contributed by atoms with Gasteiger partial charge in [0.2, 0.25) is 5.95 Å². The van der Waals surface area contributed by atoms with E-state index in [1.165, 1.54) is 12.8 Å². The molecule has 1 aliphatic rings. The summed E-state index contributed by atoms with van der Waals surface area (Å²) >= 11 is 0. The Bertz CT molecular complexity index is 683. The summed E-state index contributed by atoms with van der Waals surface area (Å²) in [7, 11) is 0. The van der Waals surface area contributed by atoms with Crippen molar-refractivity contribution < 1.29 is 4.79 Å². The molecule has 0 aliphatic carbocycles. The largest absolute Gasteiger partial charge is 0.370 e. The van der Waals surface area contributed by atoms with E-state index in [4.69, 9.17) is 0 Å². The van der Waals surface area contributed by atoms with E-state index in [0.717, 1.165) is 37.8 Å². The molecule has 3 rings (SSSR count). The molecule has 0 bridgehead atoms. The predicted octanol–water partition coefficient (Wildman–Crippen LogP) is 2.44. The topological polar surface area (TPSA) is 74.2 Å². The number of pyridine rings is 1. The van der Waals surface area contributed by atoms with E-state index < -0.39 is 0 Å². The monoisotopic (exact) mass is 354 g/mol. The molecule has 1 saturated heterocycles. The lowest BCUT2D eigenvalue weighted by Gasteiger charge is -2.34. The molecular weight excluding hydrogens is 328 g/mol. The highest BCUT2D eigenvalue weighted by molar-refractivity contribution is 5.94. The molecule has 1 N–H and O–H groups in total. The Morgan fingerprint density at radius 1 is 1.08 bits per heavy atom. The number of carbonyl (C=O) groups excluding carboxylic acids is 1. The zero-order valence-electron chi connectivity index (χ0n) is 15.3. The molecule has 7 nitrogen and oxygen atoms in total. The lowest BCUT2D eigenvalue weighted by atomic mass is 10.2. The summed E-state index contributed by atoms with van der Waals surface area (Å²) in [4.78, 5) is 29.5. The van der Waals surface area contributed by atoms with Crippen molar-refractivity contribution in [2.45, 2.75) is 26.2 Å². The van der Waals surface area contributed by atoms with Crippen molar-refractivity contribution in [2.75, 3.05) is 42.9 Å². The molecule has 0 radical (unpaired) electrons. The van der Waals surface area contributed by atoms with Gasteiger partial charge < -0.3 is 15.1 Å². The van der Waals surface area contributed by atoms with Crippen LogP contribution in [-0.4, -0.2) is 58.5 Å². The molecule has 0 saturated carbocycles. The highest BCUT2D eigenvalue weighted by Gasteiger charge is 2.23. The van der Waals surface area contributed by atoms with Crippen molar-refractivity contribution in [3.05, 3.63) is 42.4 Å². The van der Waals surface area contributed by atoms with Gasteiger partial charge in [0.25, 0.3) is 5.91 Å². The summed E-state index contributed by atoms with van der Waals surface area (Å²) < 4.78 is 0. The highest BCUT2D eigenvalue weighted by atomic mass is 16.2. The average Bonchev–Trinajstić information content (AvgIpc) is 2.72. The molecule has 1 amide bonds. The summed E-state index contributed by atoms with van der Waals surface area (Å²) in [5, 5.41) is 3.29. The van der Waals surface area contributed by atoms with Crippen molar-refractivity contribution >= 4 is 17.7 Å². The molecule has 7 heteroatoms. The smallest absolute Gasteiger partial charge is 0.255 e. The number of unbranched alkanes of at least 4 members (excludes halogenated alkanes) is 2. The van der Waals surface area contributed by atoms with Crippen molar-refractivity contribution in [3.63, 3.8) is 0 Å².